The van der Waals surface area contributed by atoms with Crippen LogP contribution < -0.4 is 114 Å². The van der Waals surface area contributed by atoms with E-state index in [0.29, 0.717) is 44.2 Å². The standard InChI is InChI=1S/C68H113N27O9/c1-39(2)53(21-22-58(69)96)93-66(102)80-32-46(16-14-24-76-60(72)73)88-61(97)81-33-48(25-43-28-77-54-19-11-9-17-51(43)54)90-62(98)79-31-45(15-13-23-75-59(70)71)89-64(100)84-36-56(40(3)4)94-67(103)83-34-49(26-44-29-78-55-20-12-10-18-52(44)55)91-63(99)82-35-50(27-47-30-74-38-86-47)92-65(101)85-37-57(41(5)6)95-68(104)87-42(7)8/h9-12,17-20,28-30,38-42,45-46,48-50,53,56-57,77-78H,13-16,21-27,31-37H2,1-8H3,(H2,69,96)(H,74,86)(H4,70,71,75)(H4,72,73,76)(H2,79,90,98)(H2,80,93,102)(H2,81,88,97)(H2,82,91,99)(H2,83,94,103)(H2,84,89,100)(H2,85,92,101)(H2,87,95,104)/t45-,46-,48-,49-,50-,53+,56+,57+/m0/s1. The Morgan fingerprint density at radius 1 is 0.404 bits per heavy atom. The number of aliphatic imine (C=N–C) groups is 2. The van der Waals surface area contributed by atoms with E-state index in [9.17, 15) is 43.2 Å². The van der Waals surface area contributed by atoms with Crippen molar-refractivity contribution < 1.29 is 43.2 Å². The minimum atomic E-state index is -0.689. The van der Waals surface area contributed by atoms with Gasteiger partial charge in [-0.05, 0) is 99.8 Å². The number of amides is 17. The molecule has 36 heteroatoms. The van der Waals surface area contributed by atoms with Crippen LogP contribution in [0.4, 0.5) is 38.4 Å². The van der Waals surface area contributed by atoms with E-state index >= 15 is 0 Å². The molecule has 0 saturated heterocycles. The molecule has 574 valence electrons. The maximum atomic E-state index is 14.0. The Bertz CT molecular complexity index is 3550. The summed E-state index contributed by atoms with van der Waals surface area (Å²) in [4.78, 5) is 141. The fourth-order valence-corrected chi connectivity index (χ4v) is 11.2. The van der Waals surface area contributed by atoms with E-state index in [0.717, 1.165) is 32.9 Å². The number of aromatic amines is 3. The number of nitrogens with two attached hydrogens (primary N) is 5. The molecule has 2 aromatic carbocycles. The van der Waals surface area contributed by atoms with Crippen LogP contribution in [0.2, 0.25) is 0 Å². The number of para-hydroxylation sites is 2. The van der Waals surface area contributed by atoms with Gasteiger partial charge in [-0.1, -0.05) is 77.9 Å². The molecule has 0 saturated carbocycles. The number of imidazole rings is 1. The average Bonchev–Trinajstić information content (AvgIpc) is 1.69. The molecule has 17 amide bonds. The average molecular weight is 1450 g/mol. The summed E-state index contributed by atoms with van der Waals surface area (Å²) in [7, 11) is 0. The number of hydrogen-bond acceptors (Lipinski definition) is 12. The molecular formula is C68H113N27O9. The van der Waals surface area contributed by atoms with Gasteiger partial charge in [0.2, 0.25) is 5.91 Å². The van der Waals surface area contributed by atoms with Crippen molar-refractivity contribution in [1.29, 1.82) is 0 Å². The zero-order valence-corrected chi connectivity index (χ0v) is 61.0. The lowest BCUT2D eigenvalue weighted by molar-refractivity contribution is -0.118. The molecule has 36 nitrogen and oxygen atoms in total. The fraction of sp³-hybridized carbons (Fsp3) is 0.559. The van der Waals surface area contributed by atoms with Gasteiger partial charge in [-0.15, -0.1) is 0 Å². The number of primary amides is 1. The quantitative estimate of drug-likeness (QED) is 0.0149. The van der Waals surface area contributed by atoms with Gasteiger partial charge >= 0.3 is 48.2 Å². The van der Waals surface area contributed by atoms with Crippen molar-refractivity contribution in [3.8, 4) is 0 Å². The van der Waals surface area contributed by atoms with Crippen LogP contribution in [-0.4, -0.2) is 199 Å². The lowest BCUT2D eigenvalue weighted by Crippen LogP contribution is -2.56. The summed E-state index contributed by atoms with van der Waals surface area (Å²) in [5, 5.41) is 48.2. The molecule has 8 atom stereocenters. The summed E-state index contributed by atoms with van der Waals surface area (Å²) >= 11 is 0. The normalized spacial score (nSPS) is 13.5. The van der Waals surface area contributed by atoms with E-state index in [1.807, 2.05) is 116 Å². The van der Waals surface area contributed by atoms with Crippen molar-refractivity contribution in [2.24, 2.45) is 56.4 Å². The molecule has 29 N–H and O–H groups in total. The summed E-state index contributed by atoms with van der Waals surface area (Å²) < 4.78 is 0. The largest absolute Gasteiger partial charge is 0.370 e. The van der Waals surface area contributed by atoms with E-state index in [1.165, 1.54) is 6.33 Å². The summed E-state index contributed by atoms with van der Waals surface area (Å²) in [6.07, 6.45) is 9.68. The number of aromatic nitrogens is 4. The summed E-state index contributed by atoms with van der Waals surface area (Å²) in [5.41, 5.74) is 31.9. The van der Waals surface area contributed by atoms with Crippen LogP contribution in [0.15, 0.2) is 83.4 Å². The zero-order chi connectivity index (χ0) is 76.1. The maximum absolute atomic E-state index is 14.0. The first-order valence-electron chi connectivity index (χ1n) is 35.4. The van der Waals surface area contributed by atoms with E-state index in [4.69, 9.17) is 28.7 Å². The van der Waals surface area contributed by atoms with Crippen LogP contribution in [0.25, 0.3) is 21.8 Å². The number of H-pyrrole nitrogens is 3. The minimum Gasteiger partial charge on any atom is -0.370 e. The SMILES string of the molecule is CC(C)NC(=O)N[C@H](CNC(=O)N[C@H](CNC(=O)N[C@H](CNC(=O)N[C@H](CNC(=O)N[C@@H](CCCN=C(N)N)CNC(=O)N[C@H](CNC(=O)N[C@@H](CCCN=C(N)N)CNC(=O)N[C@H](CCC(N)=O)C(C)C)Cc1c[nH]c2ccccc12)C(C)C)Cc1c[nH]c2ccccc12)Cc1cnc[nH]1)C(C)C. The number of hydrogen-bond donors (Lipinski definition) is 24. The summed E-state index contributed by atoms with van der Waals surface area (Å²) in [5.74, 6) is -0.877. The molecule has 0 spiro atoms. The number of nitrogens with zero attached hydrogens (tertiary/aromatic N) is 3. The molecule has 3 aromatic heterocycles. The van der Waals surface area contributed by atoms with Gasteiger partial charge in [0, 0.05) is 142 Å². The molecule has 5 rings (SSSR count). The van der Waals surface area contributed by atoms with Gasteiger partial charge < -0.3 is 129 Å². The van der Waals surface area contributed by atoms with Crippen LogP contribution >= 0.6 is 0 Å². The lowest BCUT2D eigenvalue weighted by Gasteiger charge is -2.26. The van der Waals surface area contributed by atoms with Gasteiger partial charge in [0.15, 0.2) is 11.9 Å². The molecule has 104 heavy (non-hydrogen) atoms. The molecule has 5 aromatic rings. The first kappa shape index (κ1) is 83.6. The summed E-state index contributed by atoms with van der Waals surface area (Å²) in [6, 6.07) is 6.46. The molecular weight excluding hydrogens is 1340 g/mol. The van der Waals surface area contributed by atoms with Gasteiger partial charge in [0.25, 0.3) is 0 Å². The van der Waals surface area contributed by atoms with Crippen LogP contribution in [0.1, 0.15) is 111 Å². The maximum Gasteiger partial charge on any atom is 0.315 e. The molecule has 0 radical (unpaired) electrons. The fourth-order valence-electron chi connectivity index (χ4n) is 11.2. The van der Waals surface area contributed by atoms with E-state index in [1.54, 1.807) is 6.20 Å². The molecule has 3 heterocycles. The molecule has 0 aliphatic rings. The minimum absolute atomic E-state index is 0.00242. The van der Waals surface area contributed by atoms with Crippen molar-refractivity contribution in [2.45, 2.75) is 168 Å². The topological polar surface area (TPSA) is 561 Å². The van der Waals surface area contributed by atoms with Crippen LogP contribution in [0.3, 0.4) is 0 Å². The van der Waals surface area contributed by atoms with Crippen LogP contribution in [0.5, 0.6) is 0 Å². The number of fused-ring (bicyclic) bond motifs is 2. The highest BCUT2D eigenvalue weighted by molar-refractivity contribution is 5.85. The predicted octanol–water partition coefficient (Wildman–Crippen LogP) is 1.49. The Balaban J connectivity index is 1.20. The number of nitrogens with one attached hydrogen (secondary N) is 19. The molecule has 0 bridgehead atoms. The molecule has 0 aliphatic heterocycles. The van der Waals surface area contributed by atoms with Gasteiger partial charge in [-0.3, -0.25) is 14.8 Å². The van der Waals surface area contributed by atoms with Gasteiger partial charge in [-0.2, -0.15) is 0 Å². The first-order chi connectivity index (χ1) is 49.6. The number of rotatable bonds is 43. The number of carbonyl (C=O) groups excluding carboxylic acids is 9. The first-order valence-corrected chi connectivity index (χ1v) is 35.4. The number of carbonyl (C=O) groups is 9. The Labute approximate surface area is 606 Å². The zero-order valence-electron chi connectivity index (χ0n) is 61.0. The Morgan fingerprint density at radius 2 is 0.760 bits per heavy atom. The van der Waals surface area contributed by atoms with Gasteiger partial charge in [-0.25, -0.2) is 43.3 Å². The van der Waals surface area contributed by atoms with Crippen molar-refractivity contribution in [3.05, 3.63) is 90.3 Å². The number of guanidine groups is 2. The van der Waals surface area contributed by atoms with E-state index in [-0.39, 0.29) is 132 Å². The Morgan fingerprint density at radius 3 is 1.13 bits per heavy atom. The van der Waals surface area contributed by atoms with Gasteiger partial charge in [0.1, 0.15) is 0 Å². The van der Waals surface area contributed by atoms with Crippen molar-refractivity contribution in [2.75, 3.05) is 58.9 Å². The monoisotopic (exact) mass is 1450 g/mol. The smallest absolute Gasteiger partial charge is 0.315 e. The third kappa shape index (κ3) is 32.7. The van der Waals surface area contributed by atoms with Gasteiger partial charge in [0.05, 0.1) is 36.5 Å². The van der Waals surface area contributed by atoms with Crippen molar-refractivity contribution >= 4 is 87.9 Å². The highest BCUT2D eigenvalue weighted by Gasteiger charge is 2.26. The highest BCUT2D eigenvalue weighted by atomic mass is 16.2. The van der Waals surface area contributed by atoms with Crippen LogP contribution in [-0.2, 0) is 24.1 Å². The summed E-state index contributed by atoms with van der Waals surface area (Å²) in [6.45, 7) is 15.7. The third-order valence-corrected chi connectivity index (χ3v) is 17.0. The number of urea groups is 8. The van der Waals surface area contributed by atoms with Crippen molar-refractivity contribution in [1.82, 2.24) is 105 Å². The van der Waals surface area contributed by atoms with Crippen LogP contribution in [0, 0.1) is 17.8 Å². The highest BCUT2D eigenvalue weighted by Crippen LogP contribution is 2.21. The Hall–Kier alpha value is -11.1. The Kier molecular flexibility index (Phi) is 35.6. The van der Waals surface area contributed by atoms with Crippen molar-refractivity contribution in [3.63, 3.8) is 0 Å². The molecule has 0 unspecified atom stereocenters. The molecule has 0 aliphatic carbocycles. The van der Waals surface area contributed by atoms with E-state index in [2.05, 4.69) is 115 Å². The second-order valence-electron chi connectivity index (χ2n) is 27.1. The second-order valence-corrected chi connectivity index (χ2v) is 27.1. The number of benzene rings is 2. The third-order valence-electron chi connectivity index (χ3n) is 17.0. The predicted molar refractivity (Wildman–Crippen MR) is 402 cm³/mol. The van der Waals surface area contributed by atoms with E-state index < -0.39 is 84.4 Å². The second kappa shape index (κ2) is 44.3. The lowest BCUT2D eigenvalue weighted by atomic mass is 9.99. The molecule has 0 fully saturated rings.